The van der Waals surface area contributed by atoms with Crippen LogP contribution in [-0.4, -0.2) is 13.2 Å². The summed E-state index contributed by atoms with van der Waals surface area (Å²) in [6, 6.07) is 6.56. The predicted molar refractivity (Wildman–Crippen MR) is 71.3 cm³/mol. The number of rotatable bonds is 5. The second-order valence-corrected chi connectivity index (χ2v) is 5.38. The van der Waals surface area contributed by atoms with Gasteiger partial charge in [0.25, 0.3) is 0 Å². The highest BCUT2D eigenvalue weighted by atomic mass is 16.5. The summed E-state index contributed by atoms with van der Waals surface area (Å²) < 4.78 is 5.40. The molecular formula is C15H23NO. The van der Waals surface area contributed by atoms with Crippen molar-refractivity contribution in [3.63, 3.8) is 0 Å². The summed E-state index contributed by atoms with van der Waals surface area (Å²) >= 11 is 0. The molecule has 2 rings (SSSR count). The van der Waals surface area contributed by atoms with Crippen molar-refractivity contribution in [2.75, 3.05) is 7.11 Å². The average Bonchev–Trinajstić information content (AvgIpc) is 3.12. The second kappa shape index (κ2) is 5.09. The molecule has 0 spiro atoms. The molecule has 1 aromatic rings. The van der Waals surface area contributed by atoms with Gasteiger partial charge in [0, 0.05) is 6.04 Å². The van der Waals surface area contributed by atoms with Crippen LogP contribution in [-0.2, 0) is 6.42 Å². The summed E-state index contributed by atoms with van der Waals surface area (Å²) in [6.07, 6.45) is 3.64. The topological polar surface area (TPSA) is 35.2 Å². The van der Waals surface area contributed by atoms with Crippen LogP contribution in [0.5, 0.6) is 5.75 Å². The summed E-state index contributed by atoms with van der Waals surface area (Å²) in [6.45, 7) is 4.39. The van der Waals surface area contributed by atoms with E-state index in [1.54, 1.807) is 7.11 Å². The minimum absolute atomic E-state index is 0.248. The third-order valence-corrected chi connectivity index (χ3v) is 3.93. The molecule has 1 aromatic carbocycles. The van der Waals surface area contributed by atoms with Gasteiger partial charge in [0.15, 0.2) is 0 Å². The highest BCUT2D eigenvalue weighted by Crippen LogP contribution is 2.38. The molecule has 1 saturated carbocycles. The Morgan fingerprint density at radius 2 is 2.12 bits per heavy atom. The van der Waals surface area contributed by atoms with Gasteiger partial charge in [-0.15, -0.1) is 0 Å². The van der Waals surface area contributed by atoms with Gasteiger partial charge in [0.1, 0.15) is 5.75 Å². The van der Waals surface area contributed by atoms with Crippen LogP contribution in [0.25, 0.3) is 0 Å². The summed E-state index contributed by atoms with van der Waals surface area (Å²) in [7, 11) is 1.73. The number of hydrogen-bond acceptors (Lipinski definition) is 2. The van der Waals surface area contributed by atoms with E-state index in [0.717, 1.165) is 18.1 Å². The van der Waals surface area contributed by atoms with Gasteiger partial charge in [-0.25, -0.2) is 0 Å². The van der Waals surface area contributed by atoms with E-state index in [2.05, 4.69) is 26.0 Å². The quantitative estimate of drug-likeness (QED) is 0.848. The largest absolute Gasteiger partial charge is 0.496 e. The van der Waals surface area contributed by atoms with Crippen molar-refractivity contribution in [3.05, 3.63) is 29.3 Å². The zero-order valence-electron chi connectivity index (χ0n) is 11.1. The maximum absolute atomic E-state index is 6.31. The van der Waals surface area contributed by atoms with Crippen molar-refractivity contribution in [1.29, 1.82) is 0 Å². The lowest BCUT2D eigenvalue weighted by molar-refractivity contribution is 0.384. The van der Waals surface area contributed by atoms with E-state index in [9.17, 15) is 0 Å². The maximum atomic E-state index is 6.31. The van der Waals surface area contributed by atoms with Gasteiger partial charge >= 0.3 is 0 Å². The average molecular weight is 233 g/mol. The number of ether oxygens (including phenoxy) is 1. The first-order chi connectivity index (χ1) is 8.11. The van der Waals surface area contributed by atoms with Gasteiger partial charge in [0.05, 0.1) is 7.11 Å². The Balaban J connectivity index is 2.08. The van der Waals surface area contributed by atoms with Crippen molar-refractivity contribution >= 4 is 0 Å². The van der Waals surface area contributed by atoms with Gasteiger partial charge in [-0.1, -0.05) is 24.6 Å². The normalized spacial score (nSPS) is 18.8. The van der Waals surface area contributed by atoms with Gasteiger partial charge < -0.3 is 10.5 Å². The van der Waals surface area contributed by atoms with Crippen LogP contribution < -0.4 is 10.5 Å². The Morgan fingerprint density at radius 1 is 1.41 bits per heavy atom. The Morgan fingerprint density at radius 3 is 2.71 bits per heavy atom. The zero-order valence-corrected chi connectivity index (χ0v) is 11.1. The molecule has 17 heavy (non-hydrogen) atoms. The summed E-state index contributed by atoms with van der Waals surface area (Å²) in [4.78, 5) is 0. The van der Waals surface area contributed by atoms with Crippen LogP contribution in [0.15, 0.2) is 18.2 Å². The molecule has 1 fully saturated rings. The first-order valence-electron chi connectivity index (χ1n) is 6.51. The molecule has 0 bridgehead atoms. The first-order valence-corrected chi connectivity index (χ1v) is 6.51. The summed E-state index contributed by atoms with van der Waals surface area (Å²) in [5, 5.41) is 0. The van der Waals surface area contributed by atoms with E-state index in [1.165, 1.54) is 24.0 Å². The molecule has 2 unspecified atom stereocenters. The molecule has 0 aromatic heterocycles. The fourth-order valence-corrected chi connectivity index (χ4v) is 2.48. The van der Waals surface area contributed by atoms with Crippen LogP contribution in [0, 0.1) is 18.8 Å². The molecule has 0 radical (unpaired) electrons. The number of nitrogens with two attached hydrogens (primary N) is 1. The molecule has 0 aliphatic heterocycles. The van der Waals surface area contributed by atoms with Gasteiger partial charge in [0.2, 0.25) is 0 Å². The molecule has 2 nitrogen and oxygen atoms in total. The molecule has 2 heteroatoms. The highest BCUT2D eigenvalue weighted by molar-refractivity contribution is 5.37. The number of methoxy groups -OCH3 is 1. The van der Waals surface area contributed by atoms with E-state index in [0.29, 0.717) is 5.92 Å². The van der Waals surface area contributed by atoms with Crippen molar-refractivity contribution in [2.24, 2.45) is 17.6 Å². The third kappa shape index (κ3) is 3.01. The highest BCUT2D eigenvalue weighted by Gasteiger charge is 2.31. The van der Waals surface area contributed by atoms with Crippen LogP contribution in [0.4, 0.5) is 0 Å². The number of benzene rings is 1. The molecule has 2 atom stereocenters. The molecule has 2 N–H and O–H groups in total. The lowest BCUT2D eigenvalue weighted by atomic mass is 9.91. The SMILES string of the molecule is COc1ccc(C)cc1CC(N)C(C)C1CC1. The fraction of sp³-hybridized carbons (Fsp3) is 0.600. The first kappa shape index (κ1) is 12.4. The van der Waals surface area contributed by atoms with E-state index >= 15 is 0 Å². The monoisotopic (exact) mass is 233 g/mol. The third-order valence-electron chi connectivity index (χ3n) is 3.93. The van der Waals surface area contributed by atoms with E-state index in [1.807, 2.05) is 6.07 Å². The van der Waals surface area contributed by atoms with Crippen LogP contribution in [0.3, 0.4) is 0 Å². The predicted octanol–water partition coefficient (Wildman–Crippen LogP) is 2.92. The molecule has 0 amide bonds. The van der Waals surface area contributed by atoms with Gasteiger partial charge in [-0.05, 0) is 49.7 Å². The Labute approximate surface area is 104 Å². The zero-order chi connectivity index (χ0) is 12.4. The lowest BCUT2D eigenvalue weighted by Crippen LogP contribution is -2.31. The minimum atomic E-state index is 0.248. The van der Waals surface area contributed by atoms with Crippen LogP contribution in [0.2, 0.25) is 0 Å². The van der Waals surface area contributed by atoms with E-state index in [-0.39, 0.29) is 6.04 Å². The minimum Gasteiger partial charge on any atom is -0.496 e. The molecule has 1 aliphatic rings. The van der Waals surface area contributed by atoms with Crippen LogP contribution >= 0.6 is 0 Å². The molecular weight excluding hydrogens is 210 g/mol. The van der Waals surface area contributed by atoms with Crippen molar-refractivity contribution < 1.29 is 4.74 Å². The Hall–Kier alpha value is -1.02. The summed E-state index contributed by atoms with van der Waals surface area (Å²) in [5.74, 6) is 2.45. The Kier molecular flexibility index (Phi) is 3.72. The molecule has 1 aliphatic carbocycles. The molecule has 0 saturated heterocycles. The van der Waals surface area contributed by atoms with Crippen LogP contribution in [0.1, 0.15) is 30.9 Å². The van der Waals surface area contributed by atoms with E-state index in [4.69, 9.17) is 10.5 Å². The Bertz CT molecular complexity index is 385. The standard InChI is InChI=1S/C15H23NO/c1-10-4-7-15(17-3)13(8-10)9-14(16)11(2)12-5-6-12/h4,7-8,11-12,14H,5-6,9,16H2,1-3H3. The number of hydrogen-bond donors (Lipinski definition) is 1. The lowest BCUT2D eigenvalue weighted by Gasteiger charge is -2.21. The van der Waals surface area contributed by atoms with Gasteiger partial charge in [-0.3, -0.25) is 0 Å². The smallest absolute Gasteiger partial charge is 0.122 e. The van der Waals surface area contributed by atoms with Crippen molar-refractivity contribution in [1.82, 2.24) is 0 Å². The molecule has 0 heterocycles. The molecule has 94 valence electrons. The number of aryl methyl sites for hydroxylation is 1. The van der Waals surface area contributed by atoms with E-state index < -0.39 is 0 Å². The van der Waals surface area contributed by atoms with Crippen molar-refractivity contribution in [3.8, 4) is 5.75 Å². The second-order valence-electron chi connectivity index (χ2n) is 5.38. The summed E-state index contributed by atoms with van der Waals surface area (Å²) in [5.41, 5.74) is 8.82. The van der Waals surface area contributed by atoms with Crippen molar-refractivity contribution in [2.45, 2.75) is 39.2 Å². The fourth-order valence-electron chi connectivity index (χ4n) is 2.48. The maximum Gasteiger partial charge on any atom is 0.122 e. The van der Waals surface area contributed by atoms with Gasteiger partial charge in [-0.2, -0.15) is 0 Å².